The van der Waals surface area contributed by atoms with Crippen LogP contribution in [0.4, 0.5) is 4.39 Å². The Morgan fingerprint density at radius 2 is 2.07 bits per heavy atom. The van der Waals surface area contributed by atoms with E-state index in [4.69, 9.17) is 5.26 Å². The highest BCUT2D eigenvalue weighted by Gasteiger charge is 2.24. The van der Waals surface area contributed by atoms with Crippen molar-refractivity contribution in [2.45, 2.75) is 46.2 Å². The van der Waals surface area contributed by atoms with Gasteiger partial charge in [-0.2, -0.15) is 5.26 Å². The predicted molar refractivity (Wildman–Crippen MR) is 119 cm³/mol. The van der Waals surface area contributed by atoms with Crippen LogP contribution in [0, 0.1) is 23.1 Å². The molecule has 0 aliphatic carbocycles. The van der Waals surface area contributed by atoms with E-state index >= 15 is 0 Å². The molecule has 0 radical (unpaired) electrons. The van der Waals surface area contributed by atoms with Gasteiger partial charge in [0, 0.05) is 37.2 Å². The number of nitrogens with one attached hydrogen (secondary N) is 2. The van der Waals surface area contributed by atoms with Crippen molar-refractivity contribution < 1.29 is 9.18 Å². The van der Waals surface area contributed by atoms with Gasteiger partial charge in [0.15, 0.2) is 5.96 Å². The van der Waals surface area contributed by atoms with Crippen molar-refractivity contribution in [3.8, 4) is 6.07 Å². The number of piperidine rings is 1. The molecule has 2 N–H and O–H groups in total. The Hall–Kier alpha value is -1.89. The van der Waals surface area contributed by atoms with Crippen LogP contribution < -0.4 is 10.6 Å². The van der Waals surface area contributed by atoms with Gasteiger partial charge in [-0.05, 0) is 38.0 Å². The minimum Gasteiger partial charge on any atom is -0.357 e. The third-order valence-corrected chi connectivity index (χ3v) is 4.57. The van der Waals surface area contributed by atoms with Crippen molar-refractivity contribution in [2.24, 2.45) is 10.9 Å². The number of aliphatic imine (C=N–C) groups is 1. The molecule has 0 saturated carbocycles. The minimum atomic E-state index is -0.367. The Kier molecular flexibility index (Phi) is 10.2. The smallest absolute Gasteiger partial charge is 0.225 e. The molecule has 154 valence electrons. The molecule has 0 bridgehead atoms. The third kappa shape index (κ3) is 6.93. The molecule has 1 saturated heterocycles. The number of halogens is 2. The van der Waals surface area contributed by atoms with Gasteiger partial charge >= 0.3 is 0 Å². The number of carbonyl (C=O) groups excluding carboxylic acids is 1. The molecule has 6 nitrogen and oxygen atoms in total. The molecule has 1 aromatic carbocycles. The van der Waals surface area contributed by atoms with Crippen LogP contribution in [0.3, 0.4) is 0 Å². The second-order valence-electron chi connectivity index (χ2n) is 7.01. The van der Waals surface area contributed by atoms with Gasteiger partial charge in [0.1, 0.15) is 5.82 Å². The maximum atomic E-state index is 13.9. The monoisotopic (exact) mass is 501 g/mol. The van der Waals surface area contributed by atoms with E-state index in [2.05, 4.69) is 15.6 Å². The van der Waals surface area contributed by atoms with Crippen molar-refractivity contribution in [1.29, 1.82) is 5.26 Å². The number of rotatable bonds is 5. The number of guanidine groups is 1. The van der Waals surface area contributed by atoms with Crippen LogP contribution in [0.2, 0.25) is 0 Å². The fourth-order valence-electron chi connectivity index (χ4n) is 3.05. The van der Waals surface area contributed by atoms with Crippen LogP contribution in [0.25, 0.3) is 0 Å². The topological polar surface area (TPSA) is 80.5 Å². The van der Waals surface area contributed by atoms with Crippen molar-refractivity contribution in [1.82, 2.24) is 15.5 Å². The van der Waals surface area contributed by atoms with E-state index in [1.54, 1.807) is 0 Å². The Morgan fingerprint density at radius 1 is 1.39 bits per heavy atom. The van der Waals surface area contributed by atoms with Crippen LogP contribution in [0.15, 0.2) is 23.2 Å². The van der Waals surface area contributed by atoms with Crippen molar-refractivity contribution in [3.63, 3.8) is 0 Å². The second kappa shape index (κ2) is 11.8. The number of benzene rings is 1. The number of hydrogen-bond acceptors (Lipinski definition) is 3. The van der Waals surface area contributed by atoms with Gasteiger partial charge in [0.25, 0.3) is 0 Å². The number of nitriles is 1. The first-order chi connectivity index (χ1) is 12.9. The Balaban J connectivity index is 0.00000392. The first kappa shape index (κ1) is 24.1. The number of carbonyl (C=O) groups is 1. The highest BCUT2D eigenvalue weighted by Crippen LogP contribution is 2.14. The molecular formula is C20H29FIN5O. The highest BCUT2D eigenvalue weighted by atomic mass is 127. The molecule has 1 fully saturated rings. The zero-order valence-corrected chi connectivity index (χ0v) is 19.0. The molecule has 1 amide bonds. The molecule has 0 atom stereocenters. The van der Waals surface area contributed by atoms with Gasteiger partial charge < -0.3 is 15.5 Å². The van der Waals surface area contributed by atoms with E-state index in [1.807, 2.05) is 31.7 Å². The van der Waals surface area contributed by atoms with E-state index in [0.717, 1.165) is 25.9 Å². The first-order valence-corrected chi connectivity index (χ1v) is 9.46. The van der Waals surface area contributed by atoms with Gasteiger partial charge in [-0.1, -0.05) is 13.8 Å². The Labute approximate surface area is 183 Å². The second-order valence-corrected chi connectivity index (χ2v) is 7.01. The first-order valence-electron chi connectivity index (χ1n) is 9.46. The largest absolute Gasteiger partial charge is 0.357 e. The summed E-state index contributed by atoms with van der Waals surface area (Å²) in [5.74, 6) is 0.469. The maximum Gasteiger partial charge on any atom is 0.225 e. The maximum absolute atomic E-state index is 13.9. The molecule has 0 aromatic heterocycles. The number of amides is 1. The van der Waals surface area contributed by atoms with Crippen molar-refractivity contribution in [2.75, 3.05) is 19.6 Å². The zero-order chi connectivity index (χ0) is 19.8. The molecular weight excluding hydrogens is 472 g/mol. The minimum absolute atomic E-state index is 0. The highest BCUT2D eigenvalue weighted by molar-refractivity contribution is 14.0. The lowest BCUT2D eigenvalue weighted by molar-refractivity contribution is -0.135. The average Bonchev–Trinajstić information content (AvgIpc) is 2.67. The molecule has 0 unspecified atom stereocenters. The van der Waals surface area contributed by atoms with Crippen LogP contribution in [-0.4, -0.2) is 42.4 Å². The summed E-state index contributed by atoms with van der Waals surface area (Å²) in [7, 11) is 0. The average molecular weight is 501 g/mol. The molecule has 8 heteroatoms. The molecule has 28 heavy (non-hydrogen) atoms. The predicted octanol–water partition coefficient (Wildman–Crippen LogP) is 3.02. The number of hydrogen-bond donors (Lipinski definition) is 2. The van der Waals surface area contributed by atoms with E-state index in [9.17, 15) is 9.18 Å². The lowest BCUT2D eigenvalue weighted by Gasteiger charge is -2.34. The van der Waals surface area contributed by atoms with E-state index in [0.29, 0.717) is 23.6 Å². The fourth-order valence-corrected chi connectivity index (χ4v) is 3.05. The van der Waals surface area contributed by atoms with Gasteiger partial charge in [0.05, 0.1) is 18.2 Å². The summed E-state index contributed by atoms with van der Waals surface area (Å²) in [5.41, 5.74) is 0.811. The van der Waals surface area contributed by atoms with E-state index < -0.39 is 0 Å². The zero-order valence-electron chi connectivity index (χ0n) is 16.7. The summed E-state index contributed by atoms with van der Waals surface area (Å²) in [5, 5.41) is 15.5. The number of nitrogens with zero attached hydrogens (tertiary/aromatic N) is 3. The van der Waals surface area contributed by atoms with Crippen molar-refractivity contribution >= 4 is 35.8 Å². The van der Waals surface area contributed by atoms with Crippen LogP contribution >= 0.6 is 24.0 Å². The summed E-state index contributed by atoms with van der Waals surface area (Å²) in [4.78, 5) is 18.5. The molecule has 0 spiro atoms. The van der Waals surface area contributed by atoms with E-state index in [1.165, 1.54) is 18.2 Å². The molecule has 1 aliphatic rings. The van der Waals surface area contributed by atoms with E-state index in [-0.39, 0.29) is 54.2 Å². The van der Waals surface area contributed by atoms with Gasteiger partial charge in [0.2, 0.25) is 5.91 Å². The standard InChI is InChI=1S/C20H28FN5O.HI/c1-4-23-20(24-13-16-11-15(12-22)5-6-18(16)21)25-17-7-9-26(10-8-17)19(27)14(2)3;/h5-6,11,14,17H,4,7-10,13H2,1-3H3,(H2,23,24,25);1H. The SMILES string of the molecule is CCNC(=NCc1cc(C#N)ccc1F)NC1CCN(C(=O)C(C)C)CC1.I. The van der Waals surface area contributed by atoms with Gasteiger partial charge in [-0.15, -0.1) is 24.0 Å². The molecule has 2 rings (SSSR count). The van der Waals surface area contributed by atoms with Gasteiger partial charge in [-0.3, -0.25) is 4.79 Å². The number of likely N-dealkylation sites (tertiary alicyclic amines) is 1. The lowest BCUT2D eigenvalue weighted by Crippen LogP contribution is -2.50. The summed E-state index contributed by atoms with van der Waals surface area (Å²) in [6.45, 7) is 8.11. The van der Waals surface area contributed by atoms with Crippen LogP contribution in [0.5, 0.6) is 0 Å². The van der Waals surface area contributed by atoms with Crippen LogP contribution in [-0.2, 0) is 11.3 Å². The van der Waals surface area contributed by atoms with Crippen LogP contribution in [0.1, 0.15) is 44.7 Å². The fraction of sp³-hybridized carbons (Fsp3) is 0.550. The van der Waals surface area contributed by atoms with Gasteiger partial charge in [-0.25, -0.2) is 9.38 Å². The lowest BCUT2D eigenvalue weighted by atomic mass is 10.0. The molecule has 1 aromatic rings. The Morgan fingerprint density at radius 3 is 2.64 bits per heavy atom. The summed E-state index contributed by atoms with van der Waals surface area (Å²) < 4.78 is 13.9. The summed E-state index contributed by atoms with van der Waals surface area (Å²) in [6.07, 6.45) is 1.70. The third-order valence-electron chi connectivity index (χ3n) is 4.57. The molecule has 1 heterocycles. The molecule has 1 aliphatic heterocycles. The summed E-state index contributed by atoms with van der Waals surface area (Å²) in [6, 6.07) is 6.51. The normalized spacial score (nSPS) is 15.0. The Bertz CT molecular complexity index is 724. The quantitative estimate of drug-likeness (QED) is 0.370. The summed E-state index contributed by atoms with van der Waals surface area (Å²) >= 11 is 0. The van der Waals surface area contributed by atoms with Crippen molar-refractivity contribution in [3.05, 3.63) is 35.1 Å².